The Labute approximate surface area is 115 Å². The summed E-state index contributed by atoms with van der Waals surface area (Å²) in [4.78, 5) is 10.5. The minimum Gasteiger partial charge on any atom is -0.462 e. The third-order valence-corrected chi connectivity index (χ3v) is 3.12. The normalized spacial score (nSPS) is 33.7. The number of carbonyl (C=O) groups is 1. The lowest BCUT2D eigenvalue weighted by molar-refractivity contribution is -0.277. The van der Waals surface area contributed by atoms with Gasteiger partial charge in [-0.1, -0.05) is 0 Å². The predicted molar refractivity (Wildman–Crippen MR) is 66.2 cm³/mol. The first-order valence-electron chi connectivity index (χ1n) is 6.09. The van der Waals surface area contributed by atoms with Crippen LogP contribution in [0, 0.1) is 0 Å². The van der Waals surface area contributed by atoms with E-state index < -0.39 is 37.3 Å². The molecular weight excluding hydrogens is 268 g/mol. The zero-order chi connectivity index (χ0) is 14.7. The van der Waals surface area contributed by atoms with Crippen molar-refractivity contribution >= 4 is 6.29 Å². The molecule has 0 amide bonds. The van der Waals surface area contributed by atoms with Gasteiger partial charge in [0.05, 0.1) is 6.61 Å². The third kappa shape index (κ3) is 2.97. The van der Waals surface area contributed by atoms with Gasteiger partial charge in [-0.15, -0.1) is 0 Å². The highest BCUT2D eigenvalue weighted by Gasteiger charge is 2.44. The number of aldehydes is 1. The molecule has 0 radical (unpaired) electrons. The molecule has 1 heterocycles. The van der Waals surface area contributed by atoms with Crippen LogP contribution in [0.15, 0.2) is 24.3 Å². The fourth-order valence-electron chi connectivity index (χ4n) is 1.92. The van der Waals surface area contributed by atoms with Gasteiger partial charge in [0.25, 0.3) is 0 Å². The first-order valence-corrected chi connectivity index (χ1v) is 6.09. The zero-order valence-corrected chi connectivity index (χ0v) is 10.5. The minimum absolute atomic E-state index is 0.319. The molecule has 0 aliphatic carbocycles. The molecule has 4 N–H and O–H groups in total. The minimum atomic E-state index is -1.49. The molecule has 0 spiro atoms. The summed E-state index contributed by atoms with van der Waals surface area (Å²) in [7, 11) is 0. The number of hydrogen-bond donors (Lipinski definition) is 4. The lowest BCUT2D eigenvalue weighted by Crippen LogP contribution is -2.60. The molecule has 0 unspecified atom stereocenters. The lowest BCUT2D eigenvalue weighted by atomic mass is 9.99. The number of rotatable bonds is 4. The van der Waals surface area contributed by atoms with E-state index in [1.54, 1.807) is 0 Å². The first kappa shape index (κ1) is 14.9. The van der Waals surface area contributed by atoms with E-state index in [1.807, 2.05) is 0 Å². The summed E-state index contributed by atoms with van der Waals surface area (Å²) in [6.07, 6.45) is -5.94. The summed E-state index contributed by atoms with van der Waals surface area (Å²) in [5.74, 6) is 0.319. The van der Waals surface area contributed by atoms with Crippen LogP contribution >= 0.6 is 0 Å². The van der Waals surface area contributed by atoms with Gasteiger partial charge in [0.15, 0.2) is 0 Å². The first-order chi connectivity index (χ1) is 9.56. The van der Waals surface area contributed by atoms with Crippen molar-refractivity contribution in [2.24, 2.45) is 0 Å². The molecule has 7 heteroatoms. The summed E-state index contributed by atoms with van der Waals surface area (Å²) in [6.45, 7) is -0.519. The molecule has 0 aromatic heterocycles. The smallest absolute Gasteiger partial charge is 0.229 e. The molecule has 1 fully saturated rings. The fraction of sp³-hybridized carbons (Fsp3) is 0.462. The van der Waals surface area contributed by atoms with Crippen LogP contribution in [0.4, 0.5) is 0 Å². The molecule has 0 bridgehead atoms. The summed E-state index contributed by atoms with van der Waals surface area (Å²) >= 11 is 0. The molecular formula is C13H16O7. The largest absolute Gasteiger partial charge is 0.462 e. The van der Waals surface area contributed by atoms with Crippen LogP contribution in [0.1, 0.15) is 10.4 Å². The topological polar surface area (TPSA) is 116 Å². The van der Waals surface area contributed by atoms with E-state index in [9.17, 15) is 20.1 Å². The van der Waals surface area contributed by atoms with Crippen molar-refractivity contribution in [3.63, 3.8) is 0 Å². The number of hydrogen-bond acceptors (Lipinski definition) is 7. The van der Waals surface area contributed by atoms with Crippen LogP contribution in [-0.2, 0) is 4.74 Å². The van der Waals surface area contributed by atoms with Gasteiger partial charge in [-0.25, -0.2) is 0 Å². The van der Waals surface area contributed by atoms with E-state index >= 15 is 0 Å². The summed E-state index contributed by atoms with van der Waals surface area (Å²) in [5, 5.41) is 38.1. The molecule has 1 aliphatic rings. The van der Waals surface area contributed by atoms with Crippen LogP contribution in [0.5, 0.6) is 5.75 Å². The molecule has 1 saturated heterocycles. The molecule has 1 aliphatic heterocycles. The second-order valence-corrected chi connectivity index (χ2v) is 4.50. The average Bonchev–Trinajstić information content (AvgIpc) is 2.48. The Morgan fingerprint density at radius 2 is 1.75 bits per heavy atom. The molecule has 20 heavy (non-hydrogen) atoms. The van der Waals surface area contributed by atoms with Gasteiger partial charge in [-0.2, -0.15) is 0 Å². The molecule has 7 nitrogen and oxygen atoms in total. The van der Waals surface area contributed by atoms with Crippen LogP contribution in [0.25, 0.3) is 0 Å². The van der Waals surface area contributed by atoms with Crippen molar-refractivity contribution in [3.05, 3.63) is 29.8 Å². The van der Waals surface area contributed by atoms with E-state index in [2.05, 4.69) is 0 Å². The van der Waals surface area contributed by atoms with Crippen LogP contribution in [0.3, 0.4) is 0 Å². The van der Waals surface area contributed by atoms with E-state index in [-0.39, 0.29) is 0 Å². The highest BCUT2D eigenvalue weighted by Crippen LogP contribution is 2.24. The number of carbonyl (C=O) groups excluding carboxylic acids is 1. The lowest BCUT2D eigenvalue weighted by Gasteiger charge is -2.39. The zero-order valence-electron chi connectivity index (χ0n) is 10.5. The highest BCUT2D eigenvalue weighted by atomic mass is 16.7. The summed E-state index contributed by atoms with van der Waals surface area (Å²) < 4.78 is 10.5. The molecule has 2 rings (SSSR count). The molecule has 110 valence electrons. The van der Waals surface area contributed by atoms with Crippen molar-refractivity contribution < 1.29 is 34.7 Å². The second kappa shape index (κ2) is 6.29. The Morgan fingerprint density at radius 3 is 2.30 bits per heavy atom. The number of aliphatic hydroxyl groups is 4. The van der Waals surface area contributed by atoms with Crippen LogP contribution in [0.2, 0.25) is 0 Å². The van der Waals surface area contributed by atoms with E-state index in [4.69, 9.17) is 14.6 Å². The summed E-state index contributed by atoms with van der Waals surface area (Å²) in [5.41, 5.74) is 0.464. The standard InChI is InChI=1S/C13H16O7/c14-5-7-1-3-8(4-2-7)19-13-12(18)11(17)10(16)9(6-15)20-13/h1-5,9-13,15-18H,6H2/t9-,10-,11-,12+,13-/m1/s1. The van der Waals surface area contributed by atoms with Gasteiger partial charge in [0, 0.05) is 5.56 Å². The maximum absolute atomic E-state index is 10.5. The highest BCUT2D eigenvalue weighted by molar-refractivity contribution is 5.74. The van der Waals surface area contributed by atoms with Gasteiger partial charge < -0.3 is 29.9 Å². The Balaban J connectivity index is 2.08. The maximum Gasteiger partial charge on any atom is 0.229 e. The monoisotopic (exact) mass is 284 g/mol. The number of aliphatic hydroxyl groups excluding tert-OH is 4. The molecule has 0 saturated carbocycles. The Morgan fingerprint density at radius 1 is 1.10 bits per heavy atom. The molecule has 5 atom stereocenters. The molecule has 1 aromatic carbocycles. The summed E-state index contributed by atoms with van der Waals surface area (Å²) in [6, 6.07) is 6.05. The fourth-order valence-corrected chi connectivity index (χ4v) is 1.92. The van der Waals surface area contributed by atoms with Gasteiger partial charge in [-0.3, -0.25) is 4.79 Å². The average molecular weight is 284 g/mol. The second-order valence-electron chi connectivity index (χ2n) is 4.50. The van der Waals surface area contributed by atoms with Crippen molar-refractivity contribution in [3.8, 4) is 5.75 Å². The Kier molecular flexibility index (Phi) is 4.69. The predicted octanol–water partition coefficient (Wildman–Crippen LogP) is -1.32. The van der Waals surface area contributed by atoms with Crippen molar-refractivity contribution in [2.75, 3.05) is 6.61 Å². The van der Waals surface area contributed by atoms with Crippen LogP contribution < -0.4 is 4.74 Å². The van der Waals surface area contributed by atoms with Gasteiger partial charge >= 0.3 is 0 Å². The van der Waals surface area contributed by atoms with Crippen molar-refractivity contribution in [1.82, 2.24) is 0 Å². The quantitative estimate of drug-likeness (QED) is 0.507. The van der Waals surface area contributed by atoms with Gasteiger partial charge in [0.2, 0.25) is 6.29 Å². The SMILES string of the molecule is O=Cc1ccc(O[C@@H]2O[C@H](CO)[C@@H](O)[C@@H](O)[C@@H]2O)cc1. The van der Waals surface area contributed by atoms with E-state index in [0.29, 0.717) is 17.6 Å². The van der Waals surface area contributed by atoms with Crippen LogP contribution in [-0.4, -0.2) is 64.0 Å². The van der Waals surface area contributed by atoms with Crippen molar-refractivity contribution in [2.45, 2.75) is 30.7 Å². The third-order valence-electron chi connectivity index (χ3n) is 3.12. The van der Waals surface area contributed by atoms with E-state index in [1.165, 1.54) is 24.3 Å². The van der Waals surface area contributed by atoms with Gasteiger partial charge in [-0.05, 0) is 24.3 Å². The Hall–Kier alpha value is -1.51. The number of benzene rings is 1. The molecule has 1 aromatic rings. The van der Waals surface area contributed by atoms with Crippen molar-refractivity contribution in [1.29, 1.82) is 0 Å². The maximum atomic E-state index is 10.5. The van der Waals surface area contributed by atoms with E-state index in [0.717, 1.165) is 0 Å². The Bertz CT molecular complexity index is 445. The van der Waals surface area contributed by atoms with Gasteiger partial charge in [0.1, 0.15) is 36.5 Å². The number of ether oxygens (including phenoxy) is 2.